The Morgan fingerprint density at radius 2 is 1.73 bits per heavy atom. The minimum absolute atomic E-state index is 0.164. The third-order valence-corrected chi connectivity index (χ3v) is 3.00. The molecule has 0 radical (unpaired) electrons. The van der Waals surface area contributed by atoms with Gasteiger partial charge in [0.05, 0.1) is 0 Å². The number of hydrogen-bond acceptors (Lipinski definition) is 2. The van der Waals surface area contributed by atoms with E-state index in [1.54, 1.807) is 13.8 Å². The summed E-state index contributed by atoms with van der Waals surface area (Å²) in [5.74, 6) is -1.22. The number of rotatable bonds is 3. The van der Waals surface area contributed by atoms with Crippen LogP contribution >= 0.6 is 0 Å². The Kier molecular flexibility index (Phi) is 3.72. The smallest absolute Gasteiger partial charge is 0.329 e. The highest BCUT2D eigenvalue weighted by Crippen LogP contribution is 2.28. The molecular formula is C11H19NO3. The lowest BCUT2D eigenvalue weighted by Gasteiger charge is -2.34. The second kappa shape index (κ2) is 4.64. The lowest BCUT2D eigenvalue weighted by atomic mass is 9.81. The summed E-state index contributed by atoms with van der Waals surface area (Å²) in [6.07, 6.45) is 3.93. The summed E-state index contributed by atoms with van der Waals surface area (Å²) < 4.78 is 0. The van der Waals surface area contributed by atoms with E-state index in [4.69, 9.17) is 0 Å². The SMILES string of the molecule is CC(C)C(=O)NC1(C(=O)O)CCCCC1. The van der Waals surface area contributed by atoms with Gasteiger partial charge < -0.3 is 10.4 Å². The second-order valence-electron chi connectivity index (χ2n) is 4.59. The van der Waals surface area contributed by atoms with Gasteiger partial charge in [0.1, 0.15) is 5.54 Å². The van der Waals surface area contributed by atoms with Gasteiger partial charge in [-0.1, -0.05) is 33.1 Å². The van der Waals surface area contributed by atoms with Crippen LogP contribution in [0, 0.1) is 5.92 Å². The summed E-state index contributed by atoms with van der Waals surface area (Å²) in [6.45, 7) is 3.54. The first-order chi connectivity index (χ1) is 6.98. The van der Waals surface area contributed by atoms with Crippen molar-refractivity contribution in [2.45, 2.75) is 51.5 Å². The van der Waals surface area contributed by atoms with E-state index in [0.29, 0.717) is 12.8 Å². The first-order valence-corrected chi connectivity index (χ1v) is 5.53. The molecule has 1 amide bonds. The molecule has 2 N–H and O–H groups in total. The molecule has 0 atom stereocenters. The zero-order valence-electron chi connectivity index (χ0n) is 9.38. The van der Waals surface area contributed by atoms with Crippen LogP contribution in [0.4, 0.5) is 0 Å². The third kappa shape index (κ3) is 2.70. The molecule has 1 rings (SSSR count). The van der Waals surface area contributed by atoms with Gasteiger partial charge in [0, 0.05) is 5.92 Å². The van der Waals surface area contributed by atoms with Crippen molar-refractivity contribution < 1.29 is 14.7 Å². The average Bonchev–Trinajstić information content (AvgIpc) is 2.18. The number of carbonyl (C=O) groups is 2. The maximum atomic E-state index is 11.5. The van der Waals surface area contributed by atoms with E-state index < -0.39 is 11.5 Å². The van der Waals surface area contributed by atoms with Crippen LogP contribution in [0.5, 0.6) is 0 Å². The monoisotopic (exact) mass is 213 g/mol. The zero-order valence-corrected chi connectivity index (χ0v) is 9.38. The summed E-state index contributed by atoms with van der Waals surface area (Å²) in [7, 11) is 0. The van der Waals surface area contributed by atoms with E-state index in [2.05, 4.69) is 5.32 Å². The molecule has 0 saturated heterocycles. The molecule has 15 heavy (non-hydrogen) atoms. The maximum absolute atomic E-state index is 11.5. The molecular weight excluding hydrogens is 194 g/mol. The predicted octanol–water partition coefficient (Wildman–Crippen LogP) is 1.55. The topological polar surface area (TPSA) is 66.4 Å². The number of aliphatic carboxylic acids is 1. The summed E-state index contributed by atoms with van der Waals surface area (Å²) >= 11 is 0. The van der Waals surface area contributed by atoms with Crippen LogP contribution in [0.25, 0.3) is 0 Å². The van der Waals surface area contributed by atoms with Crippen LogP contribution in [-0.4, -0.2) is 22.5 Å². The van der Waals surface area contributed by atoms with Crippen LogP contribution in [-0.2, 0) is 9.59 Å². The highest BCUT2D eigenvalue weighted by Gasteiger charge is 2.41. The lowest BCUT2D eigenvalue weighted by Crippen LogP contribution is -2.56. The average molecular weight is 213 g/mol. The minimum Gasteiger partial charge on any atom is -0.480 e. The molecule has 0 bridgehead atoms. The zero-order chi connectivity index (χ0) is 11.5. The lowest BCUT2D eigenvalue weighted by molar-refractivity contribution is -0.149. The molecule has 1 aliphatic rings. The van der Waals surface area contributed by atoms with Crippen molar-refractivity contribution in [2.24, 2.45) is 5.92 Å². The van der Waals surface area contributed by atoms with Crippen LogP contribution in [0.2, 0.25) is 0 Å². The molecule has 0 unspecified atom stereocenters. The first kappa shape index (κ1) is 12.0. The van der Waals surface area contributed by atoms with Gasteiger partial charge in [0.2, 0.25) is 5.91 Å². The van der Waals surface area contributed by atoms with Crippen LogP contribution < -0.4 is 5.32 Å². The van der Waals surface area contributed by atoms with Crippen molar-refractivity contribution >= 4 is 11.9 Å². The van der Waals surface area contributed by atoms with E-state index >= 15 is 0 Å². The van der Waals surface area contributed by atoms with Gasteiger partial charge in [-0.05, 0) is 12.8 Å². The molecule has 1 saturated carbocycles. The van der Waals surface area contributed by atoms with Crippen molar-refractivity contribution in [1.29, 1.82) is 0 Å². The van der Waals surface area contributed by atoms with Crippen molar-refractivity contribution in [3.05, 3.63) is 0 Å². The van der Waals surface area contributed by atoms with Gasteiger partial charge in [-0.15, -0.1) is 0 Å². The van der Waals surface area contributed by atoms with Gasteiger partial charge in [0.15, 0.2) is 0 Å². The minimum atomic E-state index is -1.00. The molecule has 86 valence electrons. The maximum Gasteiger partial charge on any atom is 0.329 e. The summed E-state index contributed by atoms with van der Waals surface area (Å²) in [5, 5.41) is 11.9. The normalized spacial score (nSPS) is 19.9. The Morgan fingerprint density at radius 1 is 1.20 bits per heavy atom. The largest absolute Gasteiger partial charge is 0.480 e. The van der Waals surface area contributed by atoms with E-state index in [9.17, 15) is 14.7 Å². The Bertz CT molecular complexity index is 255. The summed E-state index contributed by atoms with van der Waals surface area (Å²) in [6, 6.07) is 0. The molecule has 1 fully saturated rings. The van der Waals surface area contributed by atoms with Crippen LogP contribution in [0.3, 0.4) is 0 Å². The van der Waals surface area contributed by atoms with Gasteiger partial charge in [-0.3, -0.25) is 4.79 Å². The molecule has 0 heterocycles. The van der Waals surface area contributed by atoms with Crippen LogP contribution in [0.15, 0.2) is 0 Å². The highest BCUT2D eigenvalue weighted by molar-refractivity contribution is 5.87. The van der Waals surface area contributed by atoms with E-state index in [0.717, 1.165) is 19.3 Å². The quantitative estimate of drug-likeness (QED) is 0.747. The Hall–Kier alpha value is -1.06. The fraction of sp³-hybridized carbons (Fsp3) is 0.818. The Morgan fingerprint density at radius 3 is 2.13 bits per heavy atom. The fourth-order valence-corrected chi connectivity index (χ4v) is 1.93. The second-order valence-corrected chi connectivity index (χ2v) is 4.59. The first-order valence-electron chi connectivity index (χ1n) is 5.53. The van der Waals surface area contributed by atoms with Crippen molar-refractivity contribution in [3.63, 3.8) is 0 Å². The predicted molar refractivity (Wildman–Crippen MR) is 56.4 cm³/mol. The third-order valence-electron chi connectivity index (χ3n) is 3.00. The van der Waals surface area contributed by atoms with E-state index in [-0.39, 0.29) is 11.8 Å². The molecule has 0 spiro atoms. The standard InChI is InChI=1S/C11H19NO3/c1-8(2)9(13)12-11(10(14)15)6-4-3-5-7-11/h8H,3-7H2,1-2H3,(H,12,13)(H,14,15). The Labute approximate surface area is 90.0 Å². The number of nitrogens with one attached hydrogen (secondary N) is 1. The summed E-state index contributed by atoms with van der Waals surface area (Å²) in [5.41, 5.74) is -1.00. The van der Waals surface area contributed by atoms with Crippen molar-refractivity contribution in [3.8, 4) is 0 Å². The number of carboxylic acid groups (broad SMARTS) is 1. The van der Waals surface area contributed by atoms with Crippen molar-refractivity contribution in [1.82, 2.24) is 5.32 Å². The molecule has 4 nitrogen and oxygen atoms in total. The molecule has 0 aromatic heterocycles. The van der Waals surface area contributed by atoms with Crippen LogP contribution in [0.1, 0.15) is 46.0 Å². The van der Waals surface area contributed by atoms with Crippen molar-refractivity contribution in [2.75, 3.05) is 0 Å². The number of carbonyl (C=O) groups excluding carboxylic acids is 1. The number of carboxylic acids is 1. The molecule has 0 aliphatic heterocycles. The van der Waals surface area contributed by atoms with E-state index in [1.807, 2.05) is 0 Å². The summed E-state index contributed by atoms with van der Waals surface area (Å²) in [4.78, 5) is 22.8. The molecule has 0 aromatic carbocycles. The fourth-order valence-electron chi connectivity index (χ4n) is 1.93. The van der Waals surface area contributed by atoms with Gasteiger partial charge >= 0.3 is 5.97 Å². The Balaban J connectivity index is 2.73. The van der Waals surface area contributed by atoms with Gasteiger partial charge in [-0.25, -0.2) is 4.79 Å². The van der Waals surface area contributed by atoms with Gasteiger partial charge in [-0.2, -0.15) is 0 Å². The van der Waals surface area contributed by atoms with E-state index in [1.165, 1.54) is 0 Å². The molecule has 4 heteroatoms. The number of amides is 1. The number of hydrogen-bond donors (Lipinski definition) is 2. The molecule has 0 aromatic rings. The van der Waals surface area contributed by atoms with Gasteiger partial charge in [0.25, 0.3) is 0 Å². The molecule has 1 aliphatic carbocycles. The highest BCUT2D eigenvalue weighted by atomic mass is 16.4.